The van der Waals surface area contributed by atoms with Crippen LogP contribution in [0.5, 0.6) is 0 Å². The fraction of sp³-hybridized carbons (Fsp3) is 0.700. The van der Waals surface area contributed by atoms with Gasteiger partial charge in [-0.05, 0) is 20.8 Å². The minimum Gasteiger partial charge on any atom is -0.458 e. The van der Waals surface area contributed by atoms with Crippen LogP contribution in [0.4, 0.5) is 0 Å². The third-order valence-electron chi connectivity index (χ3n) is 7.22. The predicted molar refractivity (Wildman–Crippen MR) is 99.8 cm³/mol. The average molecular weight is 429 g/mol. The van der Waals surface area contributed by atoms with E-state index in [0.29, 0.717) is 5.57 Å². The molecule has 9 atom stereocenters. The van der Waals surface area contributed by atoms with E-state index in [0.717, 1.165) is 0 Å². The van der Waals surface area contributed by atoms with Crippen LogP contribution in [0.1, 0.15) is 27.2 Å². The highest BCUT2D eigenvalue weighted by Crippen LogP contribution is 2.66. The number of alkyl halides is 1. The second kappa shape index (κ2) is 6.28. The van der Waals surface area contributed by atoms with Gasteiger partial charge in [-0.1, -0.05) is 12.7 Å². The molecule has 4 aliphatic rings. The molecule has 0 spiro atoms. The van der Waals surface area contributed by atoms with Crippen LogP contribution in [0.3, 0.4) is 0 Å². The molecule has 9 heteroatoms. The first-order valence-electron chi connectivity index (χ1n) is 9.56. The molecular formula is C20H25ClO8. The van der Waals surface area contributed by atoms with Gasteiger partial charge in [0.2, 0.25) is 0 Å². The van der Waals surface area contributed by atoms with Crippen molar-refractivity contribution in [3.63, 3.8) is 0 Å². The molecule has 2 saturated carbocycles. The Morgan fingerprint density at radius 2 is 2.07 bits per heavy atom. The van der Waals surface area contributed by atoms with E-state index in [1.165, 1.54) is 0 Å². The molecule has 4 fully saturated rings. The fourth-order valence-electron chi connectivity index (χ4n) is 5.45. The molecule has 2 heterocycles. The summed E-state index contributed by atoms with van der Waals surface area (Å²) in [6, 6.07) is 0. The first-order chi connectivity index (χ1) is 13.5. The Morgan fingerprint density at radius 1 is 1.41 bits per heavy atom. The van der Waals surface area contributed by atoms with E-state index in [4.69, 9.17) is 25.8 Å². The van der Waals surface area contributed by atoms with Gasteiger partial charge in [0.25, 0.3) is 0 Å². The Kier molecular flexibility index (Phi) is 4.50. The van der Waals surface area contributed by atoms with Gasteiger partial charge >= 0.3 is 11.9 Å². The molecule has 4 rings (SSSR count). The summed E-state index contributed by atoms with van der Waals surface area (Å²) in [5.41, 5.74) is -4.63. The lowest BCUT2D eigenvalue weighted by molar-refractivity contribution is -0.216. The van der Waals surface area contributed by atoms with Crippen LogP contribution in [0.2, 0.25) is 0 Å². The van der Waals surface area contributed by atoms with Crippen molar-refractivity contribution in [2.24, 2.45) is 11.8 Å². The van der Waals surface area contributed by atoms with E-state index < -0.39 is 65.0 Å². The van der Waals surface area contributed by atoms with Crippen molar-refractivity contribution in [3.8, 4) is 0 Å². The summed E-state index contributed by atoms with van der Waals surface area (Å²) in [6.07, 6.45) is -2.87. The minimum atomic E-state index is -1.95. The second-order valence-corrected chi connectivity index (χ2v) is 8.94. The lowest BCUT2D eigenvalue weighted by Gasteiger charge is -2.45. The maximum Gasteiger partial charge on any atom is 0.334 e. The molecule has 8 nitrogen and oxygen atoms in total. The average Bonchev–Trinajstić information content (AvgIpc) is 3.26. The van der Waals surface area contributed by atoms with Gasteiger partial charge in [-0.25, -0.2) is 9.59 Å². The van der Waals surface area contributed by atoms with E-state index in [2.05, 4.69) is 6.58 Å². The highest BCUT2D eigenvalue weighted by Gasteiger charge is 2.86. The van der Waals surface area contributed by atoms with Crippen molar-refractivity contribution in [2.45, 2.75) is 68.4 Å². The number of ether oxygens (including phenoxy) is 3. The van der Waals surface area contributed by atoms with Crippen molar-refractivity contribution in [1.82, 2.24) is 0 Å². The molecule has 2 saturated heterocycles. The van der Waals surface area contributed by atoms with Crippen LogP contribution in [-0.4, -0.2) is 74.4 Å². The molecule has 2 aliphatic heterocycles. The number of fused-ring (bicyclic) bond motifs is 5. The number of aliphatic hydroxyl groups is 3. The Balaban J connectivity index is 1.84. The highest BCUT2D eigenvalue weighted by molar-refractivity contribution is 6.18. The summed E-state index contributed by atoms with van der Waals surface area (Å²) in [5.74, 6) is -3.79. The standard InChI is InChI=1S/C20H25ClO8/c1-5-8(2)16(23)27-10-6-19(25,7-21)13-12(22)15-18(4,29-15)20(13,26)14-11(10)9(3)17(24)28-14/h5,10-15,22,25-26H,3,6-7H2,1-2,4H3/b8-5+. The molecule has 160 valence electrons. The topological polar surface area (TPSA) is 126 Å². The van der Waals surface area contributed by atoms with Crippen molar-refractivity contribution < 1.29 is 39.1 Å². The number of hydrogen-bond donors (Lipinski definition) is 3. The lowest BCUT2D eigenvalue weighted by atomic mass is 9.70. The number of allylic oxidation sites excluding steroid dienone is 1. The Bertz CT molecular complexity index is 825. The third kappa shape index (κ3) is 2.47. The molecule has 9 unspecified atom stereocenters. The van der Waals surface area contributed by atoms with Crippen LogP contribution < -0.4 is 0 Å². The van der Waals surface area contributed by atoms with Gasteiger partial charge in [-0.2, -0.15) is 0 Å². The summed E-state index contributed by atoms with van der Waals surface area (Å²) >= 11 is 6.11. The van der Waals surface area contributed by atoms with Crippen LogP contribution in [-0.2, 0) is 23.8 Å². The quantitative estimate of drug-likeness (QED) is 0.252. The zero-order chi connectivity index (χ0) is 21.5. The summed E-state index contributed by atoms with van der Waals surface area (Å²) in [5, 5.41) is 34.1. The zero-order valence-corrected chi connectivity index (χ0v) is 17.2. The first-order valence-corrected chi connectivity index (χ1v) is 10.1. The van der Waals surface area contributed by atoms with E-state index in [1.54, 1.807) is 26.8 Å². The molecule has 0 aromatic carbocycles. The monoisotopic (exact) mass is 428 g/mol. The van der Waals surface area contributed by atoms with Crippen molar-refractivity contribution in [3.05, 3.63) is 23.8 Å². The zero-order valence-electron chi connectivity index (χ0n) is 16.4. The molecule has 0 radical (unpaired) electrons. The van der Waals surface area contributed by atoms with E-state index in [-0.39, 0.29) is 17.9 Å². The van der Waals surface area contributed by atoms with Gasteiger partial charge in [-0.3, -0.25) is 0 Å². The van der Waals surface area contributed by atoms with Gasteiger partial charge in [0.15, 0.2) is 0 Å². The number of esters is 2. The van der Waals surface area contributed by atoms with Crippen LogP contribution in [0.15, 0.2) is 23.8 Å². The maximum atomic E-state index is 12.5. The summed E-state index contributed by atoms with van der Waals surface area (Å²) in [7, 11) is 0. The normalized spacial score (nSPS) is 50.9. The highest BCUT2D eigenvalue weighted by atomic mass is 35.5. The second-order valence-electron chi connectivity index (χ2n) is 8.67. The van der Waals surface area contributed by atoms with E-state index >= 15 is 0 Å². The van der Waals surface area contributed by atoms with Crippen molar-refractivity contribution in [2.75, 3.05) is 5.88 Å². The number of carbonyl (C=O) groups excluding carboxylic acids is 2. The van der Waals surface area contributed by atoms with Gasteiger partial charge in [0, 0.05) is 17.6 Å². The molecule has 0 aromatic rings. The van der Waals surface area contributed by atoms with E-state index in [1.807, 2.05) is 0 Å². The van der Waals surface area contributed by atoms with Crippen molar-refractivity contribution in [1.29, 1.82) is 0 Å². The molecule has 0 aromatic heterocycles. The van der Waals surface area contributed by atoms with E-state index in [9.17, 15) is 24.9 Å². The Hall–Kier alpha value is -1.45. The lowest BCUT2D eigenvalue weighted by Crippen LogP contribution is -2.64. The number of epoxide rings is 1. The minimum absolute atomic E-state index is 0.0270. The number of halogens is 1. The molecule has 2 aliphatic carbocycles. The predicted octanol–water partition coefficient (Wildman–Crippen LogP) is 0.215. The van der Waals surface area contributed by atoms with Crippen LogP contribution in [0.25, 0.3) is 0 Å². The number of rotatable bonds is 3. The van der Waals surface area contributed by atoms with Gasteiger partial charge < -0.3 is 29.5 Å². The SMILES string of the molecule is C=C1C(=O)OC2C1C(OC(=O)/C(C)=C/C)CC(O)(CCl)C1C(O)C3OC3(C)C21O. The third-order valence-corrected chi connectivity index (χ3v) is 7.68. The summed E-state index contributed by atoms with van der Waals surface area (Å²) < 4.78 is 16.7. The van der Waals surface area contributed by atoms with Gasteiger partial charge in [0.05, 0.1) is 29.4 Å². The maximum absolute atomic E-state index is 12.5. The molecule has 0 amide bonds. The van der Waals surface area contributed by atoms with Gasteiger partial charge in [-0.15, -0.1) is 11.6 Å². The summed E-state index contributed by atoms with van der Waals surface area (Å²) in [4.78, 5) is 24.8. The molecule has 3 N–H and O–H groups in total. The van der Waals surface area contributed by atoms with Crippen LogP contribution >= 0.6 is 11.6 Å². The van der Waals surface area contributed by atoms with Crippen LogP contribution in [0, 0.1) is 11.8 Å². The number of aliphatic hydroxyl groups excluding tert-OH is 1. The molecule has 0 bridgehead atoms. The summed E-state index contributed by atoms with van der Waals surface area (Å²) in [6.45, 7) is 8.62. The Morgan fingerprint density at radius 3 is 2.66 bits per heavy atom. The fourth-order valence-corrected chi connectivity index (χ4v) is 5.72. The largest absolute Gasteiger partial charge is 0.458 e. The Labute approximate surface area is 173 Å². The smallest absolute Gasteiger partial charge is 0.334 e. The molecule has 29 heavy (non-hydrogen) atoms. The van der Waals surface area contributed by atoms with Gasteiger partial charge in [0.1, 0.15) is 29.5 Å². The number of hydrogen-bond acceptors (Lipinski definition) is 8. The number of carbonyl (C=O) groups is 2. The molecular weight excluding hydrogens is 404 g/mol. The van der Waals surface area contributed by atoms with Crippen molar-refractivity contribution >= 4 is 23.5 Å². The first kappa shape index (κ1) is 20.8.